The van der Waals surface area contributed by atoms with E-state index in [1.165, 1.54) is 16.0 Å². The fraction of sp³-hybridized carbons (Fsp3) is 0.652. The Labute approximate surface area is 169 Å². The molecular weight excluding hydrogens is 354 g/mol. The van der Waals surface area contributed by atoms with Crippen molar-refractivity contribution in [1.29, 1.82) is 0 Å². The SMILES string of the molecule is CC(C)(C)OC(=O)N1CC[C@@H](CCc2ccc(C(C)(C)C)cc2)C[C@H]1C(=O)O. The van der Waals surface area contributed by atoms with Crippen LogP contribution in [0.25, 0.3) is 0 Å². The molecule has 5 nitrogen and oxygen atoms in total. The number of hydrogen-bond donors (Lipinski definition) is 1. The van der Waals surface area contributed by atoms with Gasteiger partial charge in [0.1, 0.15) is 11.6 Å². The number of benzene rings is 1. The Balaban J connectivity index is 1.95. The number of carboxylic acid groups (broad SMARTS) is 1. The minimum Gasteiger partial charge on any atom is -0.480 e. The van der Waals surface area contributed by atoms with Crippen molar-refractivity contribution in [3.8, 4) is 0 Å². The van der Waals surface area contributed by atoms with Crippen molar-refractivity contribution in [1.82, 2.24) is 4.90 Å². The van der Waals surface area contributed by atoms with Crippen LogP contribution in [-0.2, 0) is 21.4 Å². The van der Waals surface area contributed by atoms with E-state index in [0.717, 1.165) is 19.3 Å². The molecule has 1 N–H and O–H groups in total. The number of carbonyl (C=O) groups excluding carboxylic acids is 1. The van der Waals surface area contributed by atoms with Crippen molar-refractivity contribution >= 4 is 12.1 Å². The lowest BCUT2D eigenvalue weighted by Gasteiger charge is -2.38. The first kappa shape index (κ1) is 22.3. The molecule has 0 aliphatic carbocycles. The third kappa shape index (κ3) is 6.25. The van der Waals surface area contributed by atoms with Gasteiger partial charge in [0.15, 0.2) is 0 Å². The van der Waals surface area contributed by atoms with Crippen LogP contribution in [0.5, 0.6) is 0 Å². The molecule has 0 unspecified atom stereocenters. The average Bonchev–Trinajstić information content (AvgIpc) is 2.57. The van der Waals surface area contributed by atoms with E-state index in [4.69, 9.17) is 4.74 Å². The zero-order chi connectivity index (χ0) is 21.1. The molecule has 1 aliphatic heterocycles. The smallest absolute Gasteiger partial charge is 0.411 e. The molecule has 2 atom stereocenters. The molecule has 1 aromatic rings. The maximum Gasteiger partial charge on any atom is 0.411 e. The molecule has 1 heterocycles. The van der Waals surface area contributed by atoms with Gasteiger partial charge in [-0.15, -0.1) is 0 Å². The molecule has 5 heteroatoms. The molecule has 1 aliphatic rings. The molecule has 2 rings (SSSR count). The van der Waals surface area contributed by atoms with Crippen molar-refractivity contribution < 1.29 is 19.4 Å². The normalized spacial score (nSPS) is 20.7. The Morgan fingerprint density at radius 3 is 2.21 bits per heavy atom. The van der Waals surface area contributed by atoms with Gasteiger partial charge in [-0.05, 0) is 68.9 Å². The van der Waals surface area contributed by atoms with Crippen molar-refractivity contribution in [3.63, 3.8) is 0 Å². The predicted molar refractivity (Wildman–Crippen MR) is 111 cm³/mol. The summed E-state index contributed by atoms with van der Waals surface area (Å²) in [5.41, 5.74) is 2.10. The molecule has 28 heavy (non-hydrogen) atoms. The van der Waals surface area contributed by atoms with Gasteiger partial charge in [-0.3, -0.25) is 4.90 Å². The molecule has 1 aromatic carbocycles. The monoisotopic (exact) mass is 389 g/mol. The van der Waals surface area contributed by atoms with Crippen LogP contribution in [0.2, 0.25) is 0 Å². The summed E-state index contributed by atoms with van der Waals surface area (Å²) in [6.07, 6.45) is 2.61. The number of carboxylic acids is 1. The zero-order valence-corrected chi connectivity index (χ0v) is 18.1. The Hall–Kier alpha value is -2.04. The van der Waals surface area contributed by atoms with Gasteiger partial charge in [0, 0.05) is 6.54 Å². The molecule has 0 aromatic heterocycles. The number of piperidine rings is 1. The average molecular weight is 390 g/mol. The first-order valence-electron chi connectivity index (χ1n) is 10.2. The highest BCUT2D eigenvalue weighted by molar-refractivity contribution is 5.80. The van der Waals surface area contributed by atoms with Crippen molar-refractivity contribution in [2.75, 3.05) is 6.54 Å². The summed E-state index contributed by atoms with van der Waals surface area (Å²) < 4.78 is 5.38. The molecule has 0 radical (unpaired) electrons. The van der Waals surface area contributed by atoms with Crippen LogP contribution in [0, 0.1) is 5.92 Å². The maximum absolute atomic E-state index is 12.4. The fourth-order valence-electron chi connectivity index (χ4n) is 3.62. The largest absolute Gasteiger partial charge is 0.480 e. The van der Waals surface area contributed by atoms with Crippen LogP contribution < -0.4 is 0 Å². The fourth-order valence-corrected chi connectivity index (χ4v) is 3.62. The number of rotatable bonds is 4. The number of ether oxygens (including phenoxy) is 1. The maximum atomic E-state index is 12.4. The van der Waals surface area contributed by atoms with Crippen molar-refractivity contribution in [2.45, 2.75) is 84.3 Å². The van der Waals surface area contributed by atoms with Gasteiger partial charge in [0.05, 0.1) is 0 Å². The Morgan fingerprint density at radius 2 is 1.71 bits per heavy atom. The van der Waals surface area contributed by atoms with E-state index in [0.29, 0.717) is 18.9 Å². The van der Waals surface area contributed by atoms with Gasteiger partial charge < -0.3 is 9.84 Å². The van der Waals surface area contributed by atoms with E-state index < -0.39 is 23.7 Å². The summed E-state index contributed by atoms with van der Waals surface area (Å²) in [4.78, 5) is 25.5. The first-order valence-corrected chi connectivity index (χ1v) is 10.2. The highest BCUT2D eigenvalue weighted by Gasteiger charge is 2.38. The van der Waals surface area contributed by atoms with Gasteiger partial charge in [0.25, 0.3) is 0 Å². The standard InChI is InChI=1S/C23H35NO4/c1-22(2,3)18-11-9-16(10-12-18)7-8-17-13-14-24(19(15-17)20(25)26)21(27)28-23(4,5)6/h9-12,17,19H,7-8,13-15H2,1-6H3,(H,25,26)/t17-,19+/m1/s1. The molecule has 1 fully saturated rings. The lowest BCUT2D eigenvalue weighted by Crippen LogP contribution is -2.51. The second-order valence-electron chi connectivity index (χ2n) is 9.90. The molecule has 0 saturated carbocycles. The van der Waals surface area contributed by atoms with Gasteiger partial charge in [-0.1, -0.05) is 45.0 Å². The number of likely N-dealkylation sites (tertiary alicyclic amines) is 1. The van der Waals surface area contributed by atoms with Gasteiger partial charge in [-0.2, -0.15) is 0 Å². The predicted octanol–water partition coefficient (Wildman–Crippen LogP) is 5.02. The molecule has 1 amide bonds. The second kappa shape index (κ2) is 8.54. The van der Waals surface area contributed by atoms with E-state index in [9.17, 15) is 14.7 Å². The second-order valence-corrected chi connectivity index (χ2v) is 9.90. The summed E-state index contributed by atoms with van der Waals surface area (Å²) in [5, 5.41) is 9.62. The third-order valence-corrected chi connectivity index (χ3v) is 5.29. The third-order valence-electron chi connectivity index (χ3n) is 5.29. The number of amides is 1. The zero-order valence-electron chi connectivity index (χ0n) is 18.1. The van der Waals surface area contributed by atoms with E-state index in [1.54, 1.807) is 20.8 Å². The van der Waals surface area contributed by atoms with Crippen LogP contribution in [0.1, 0.15) is 71.9 Å². The van der Waals surface area contributed by atoms with Gasteiger partial charge >= 0.3 is 12.1 Å². The highest BCUT2D eigenvalue weighted by atomic mass is 16.6. The first-order chi connectivity index (χ1) is 12.9. The topological polar surface area (TPSA) is 66.8 Å². The molecular formula is C23H35NO4. The minimum absolute atomic E-state index is 0.141. The van der Waals surface area contributed by atoms with E-state index >= 15 is 0 Å². The van der Waals surface area contributed by atoms with E-state index in [2.05, 4.69) is 45.0 Å². The number of nitrogens with zero attached hydrogens (tertiary/aromatic N) is 1. The van der Waals surface area contributed by atoms with E-state index in [-0.39, 0.29) is 5.41 Å². The lowest BCUT2D eigenvalue weighted by molar-refractivity contribution is -0.145. The van der Waals surface area contributed by atoms with Crippen molar-refractivity contribution in [3.05, 3.63) is 35.4 Å². The molecule has 0 spiro atoms. The summed E-state index contributed by atoms with van der Waals surface area (Å²) in [6, 6.07) is 7.90. The Morgan fingerprint density at radius 1 is 1.11 bits per heavy atom. The quantitative estimate of drug-likeness (QED) is 0.785. The molecule has 156 valence electrons. The van der Waals surface area contributed by atoms with Crippen LogP contribution in [0.15, 0.2) is 24.3 Å². The number of aryl methyl sites for hydroxylation is 1. The van der Waals surface area contributed by atoms with Gasteiger partial charge in [-0.25, -0.2) is 9.59 Å². The number of carbonyl (C=O) groups is 2. The van der Waals surface area contributed by atoms with Crippen LogP contribution >= 0.6 is 0 Å². The van der Waals surface area contributed by atoms with Gasteiger partial charge in [0.2, 0.25) is 0 Å². The molecule has 0 bridgehead atoms. The van der Waals surface area contributed by atoms with Crippen LogP contribution in [-0.4, -0.2) is 40.3 Å². The molecule has 1 saturated heterocycles. The number of aliphatic carboxylic acids is 1. The summed E-state index contributed by atoms with van der Waals surface area (Å²) >= 11 is 0. The summed E-state index contributed by atoms with van der Waals surface area (Å²) in [6.45, 7) is 12.4. The van der Waals surface area contributed by atoms with Crippen molar-refractivity contribution in [2.24, 2.45) is 5.92 Å². The van der Waals surface area contributed by atoms with E-state index in [1.807, 2.05) is 0 Å². The number of hydrogen-bond acceptors (Lipinski definition) is 3. The van der Waals surface area contributed by atoms with Crippen LogP contribution in [0.3, 0.4) is 0 Å². The summed E-state index contributed by atoms with van der Waals surface area (Å²) in [7, 11) is 0. The van der Waals surface area contributed by atoms with Crippen LogP contribution in [0.4, 0.5) is 4.79 Å². The summed E-state index contributed by atoms with van der Waals surface area (Å²) in [5.74, 6) is -0.660. The Bertz CT molecular complexity index is 682. The lowest BCUT2D eigenvalue weighted by atomic mass is 9.84. The Kier molecular flexibility index (Phi) is 6.79. The minimum atomic E-state index is -0.954. The highest BCUT2D eigenvalue weighted by Crippen LogP contribution is 2.29.